The summed E-state index contributed by atoms with van der Waals surface area (Å²) in [6, 6.07) is 17.2. The third-order valence-corrected chi connectivity index (χ3v) is 5.23. The Morgan fingerprint density at radius 1 is 1.00 bits per heavy atom. The van der Waals surface area contributed by atoms with Crippen molar-refractivity contribution in [1.82, 2.24) is 10.2 Å². The molecule has 2 aromatic rings. The van der Waals surface area contributed by atoms with Crippen LogP contribution in [0.2, 0.25) is 0 Å². The minimum Gasteiger partial charge on any atom is -0.493 e. The fraction of sp³-hybridized carbons (Fsp3) is 0.478. The molecule has 0 aromatic heterocycles. The van der Waals surface area contributed by atoms with Crippen molar-refractivity contribution < 1.29 is 9.47 Å². The number of nitrogens with one attached hydrogen (secondary N) is 1. The number of halogens is 2. The van der Waals surface area contributed by atoms with Gasteiger partial charge in [0.2, 0.25) is 0 Å². The van der Waals surface area contributed by atoms with Gasteiger partial charge in [0.15, 0.2) is 11.5 Å². The predicted molar refractivity (Wildman–Crippen MR) is 125 cm³/mol. The summed E-state index contributed by atoms with van der Waals surface area (Å²) in [5, 5.41) is 3.46. The van der Waals surface area contributed by atoms with Gasteiger partial charge in [-0.1, -0.05) is 56.2 Å². The molecule has 1 N–H and O–H groups in total. The molecule has 1 fully saturated rings. The standard InChI is InChI=1S/C23H32N2O2.2ClH/c1-3-4-10-21(25-15-13-24-14-16-25)20-11-12-22(26-2)23(17-20)27-18-19-8-6-5-7-9-19;;/h5-9,11-12,17,21,24H,3-4,10,13-16,18H2,1-2H3;2*1H/t21-;;/m0../s1. The molecule has 3 rings (SSSR count). The van der Waals surface area contributed by atoms with Crippen LogP contribution < -0.4 is 14.8 Å². The molecule has 0 radical (unpaired) electrons. The maximum atomic E-state index is 6.14. The van der Waals surface area contributed by atoms with E-state index in [9.17, 15) is 0 Å². The Morgan fingerprint density at radius 3 is 2.38 bits per heavy atom. The van der Waals surface area contributed by atoms with Crippen molar-refractivity contribution in [3.8, 4) is 11.5 Å². The Morgan fingerprint density at radius 2 is 1.72 bits per heavy atom. The first-order chi connectivity index (χ1) is 13.3. The SMILES string of the molecule is CCCC[C@@H](c1ccc(OC)c(OCc2ccccc2)c1)N1CCNCC1.Cl.Cl. The molecule has 6 heteroatoms. The van der Waals surface area contributed by atoms with Gasteiger partial charge in [0.05, 0.1) is 7.11 Å². The van der Waals surface area contributed by atoms with E-state index in [4.69, 9.17) is 9.47 Å². The summed E-state index contributed by atoms with van der Waals surface area (Å²) >= 11 is 0. The van der Waals surface area contributed by atoms with E-state index in [0.29, 0.717) is 12.6 Å². The molecule has 0 spiro atoms. The van der Waals surface area contributed by atoms with Gasteiger partial charge in [0.1, 0.15) is 6.61 Å². The molecule has 2 aromatic carbocycles. The number of hydrogen-bond donors (Lipinski definition) is 1. The summed E-state index contributed by atoms with van der Waals surface area (Å²) in [6.45, 7) is 7.14. The highest BCUT2D eigenvalue weighted by Crippen LogP contribution is 2.35. The third-order valence-electron chi connectivity index (χ3n) is 5.23. The molecule has 162 valence electrons. The van der Waals surface area contributed by atoms with Crippen LogP contribution in [-0.4, -0.2) is 38.2 Å². The highest BCUT2D eigenvalue weighted by atomic mass is 35.5. The lowest BCUT2D eigenvalue weighted by Crippen LogP contribution is -2.45. The van der Waals surface area contributed by atoms with Crippen LogP contribution in [0, 0.1) is 0 Å². The van der Waals surface area contributed by atoms with Gasteiger partial charge in [-0.15, -0.1) is 24.8 Å². The van der Waals surface area contributed by atoms with Crippen LogP contribution in [0.3, 0.4) is 0 Å². The molecule has 0 bridgehead atoms. The summed E-state index contributed by atoms with van der Waals surface area (Å²) in [5.41, 5.74) is 2.49. The summed E-state index contributed by atoms with van der Waals surface area (Å²) in [4.78, 5) is 2.61. The Bertz CT molecular complexity index is 695. The van der Waals surface area contributed by atoms with Gasteiger partial charge in [-0.05, 0) is 29.7 Å². The predicted octanol–water partition coefficient (Wildman–Crippen LogP) is 5.25. The zero-order valence-electron chi connectivity index (χ0n) is 17.4. The first kappa shape index (κ1) is 25.6. The number of unbranched alkanes of at least 4 members (excludes halogenated alkanes) is 1. The molecular weight excluding hydrogens is 407 g/mol. The van der Waals surface area contributed by atoms with Crippen LogP contribution in [0.4, 0.5) is 0 Å². The van der Waals surface area contributed by atoms with E-state index in [-0.39, 0.29) is 24.8 Å². The largest absolute Gasteiger partial charge is 0.493 e. The maximum Gasteiger partial charge on any atom is 0.161 e. The van der Waals surface area contributed by atoms with Crippen LogP contribution in [0.25, 0.3) is 0 Å². The molecule has 0 aliphatic carbocycles. The number of rotatable bonds is 9. The second kappa shape index (κ2) is 13.7. The fourth-order valence-corrected chi connectivity index (χ4v) is 3.70. The number of benzene rings is 2. The number of methoxy groups -OCH3 is 1. The van der Waals surface area contributed by atoms with Gasteiger partial charge in [0.25, 0.3) is 0 Å². The molecule has 0 unspecified atom stereocenters. The van der Waals surface area contributed by atoms with Crippen LogP contribution >= 0.6 is 24.8 Å². The molecule has 1 heterocycles. The molecule has 0 saturated carbocycles. The minimum absolute atomic E-state index is 0. The number of ether oxygens (including phenoxy) is 2. The summed E-state index contributed by atoms with van der Waals surface area (Å²) in [5.74, 6) is 1.62. The molecule has 1 saturated heterocycles. The second-order valence-electron chi connectivity index (χ2n) is 7.13. The van der Waals surface area contributed by atoms with Gasteiger partial charge in [-0.25, -0.2) is 0 Å². The zero-order chi connectivity index (χ0) is 18.9. The smallest absolute Gasteiger partial charge is 0.161 e. The van der Waals surface area contributed by atoms with E-state index in [1.165, 1.54) is 24.8 Å². The summed E-state index contributed by atoms with van der Waals surface area (Å²) in [7, 11) is 1.70. The highest BCUT2D eigenvalue weighted by Gasteiger charge is 2.23. The fourth-order valence-electron chi connectivity index (χ4n) is 3.70. The van der Waals surface area contributed by atoms with Crippen LogP contribution in [0.15, 0.2) is 48.5 Å². The third kappa shape index (κ3) is 7.38. The lowest BCUT2D eigenvalue weighted by Gasteiger charge is -2.35. The van der Waals surface area contributed by atoms with Crippen molar-refractivity contribution in [3.05, 3.63) is 59.7 Å². The number of nitrogens with zero attached hydrogens (tertiary/aromatic N) is 1. The second-order valence-corrected chi connectivity index (χ2v) is 7.13. The lowest BCUT2D eigenvalue weighted by molar-refractivity contribution is 0.162. The summed E-state index contributed by atoms with van der Waals surface area (Å²) < 4.78 is 11.7. The van der Waals surface area contributed by atoms with Crippen molar-refractivity contribution in [2.24, 2.45) is 0 Å². The highest BCUT2D eigenvalue weighted by molar-refractivity contribution is 5.85. The summed E-state index contributed by atoms with van der Waals surface area (Å²) in [6.07, 6.45) is 3.64. The van der Waals surface area contributed by atoms with Gasteiger partial charge in [-0.2, -0.15) is 0 Å². The Kier molecular flexibility index (Phi) is 12.1. The van der Waals surface area contributed by atoms with Crippen molar-refractivity contribution in [3.63, 3.8) is 0 Å². The van der Waals surface area contributed by atoms with E-state index in [1.807, 2.05) is 18.2 Å². The molecule has 29 heavy (non-hydrogen) atoms. The Balaban J connectivity index is 0.00000210. The topological polar surface area (TPSA) is 33.7 Å². The van der Waals surface area contributed by atoms with E-state index in [0.717, 1.165) is 43.2 Å². The van der Waals surface area contributed by atoms with Gasteiger partial charge >= 0.3 is 0 Å². The van der Waals surface area contributed by atoms with Crippen LogP contribution in [0.5, 0.6) is 11.5 Å². The first-order valence-electron chi connectivity index (χ1n) is 10.1. The molecular formula is C23H34Cl2N2O2. The van der Waals surface area contributed by atoms with E-state index >= 15 is 0 Å². The van der Waals surface area contributed by atoms with Crippen molar-refractivity contribution >= 4 is 24.8 Å². The van der Waals surface area contributed by atoms with Gasteiger partial charge in [-0.3, -0.25) is 4.90 Å². The average molecular weight is 441 g/mol. The number of piperazine rings is 1. The Labute approximate surface area is 187 Å². The van der Waals surface area contributed by atoms with E-state index in [2.05, 4.69) is 47.5 Å². The van der Waals surface area contributed by atoms with Gasteiger partial charge < -0.3 is 14.8 Å². The van der Waals surface area contributed by atoms with Crippen molar-refractivity contribution in [2.45, 2.75) is 38.8 Å². The number of hydrogen-bond acceptors (Lipinski definition) is 4. The van der Waals surface area contributed by atoms with Crippen molar-refractivity contribution in [2.75, 3.05) is 33.3 Å². The molecule has 1 aliphatic rings. The molecule has 4 nitrogen and oxygen atoms in total. The molecule has 1 aliphatic heterocycles. The normalized spacial score (nSPS) is 15.0. The van der Waals surface area contributed by atoms with E-state index < -0.39 is 0 Å². The first-order valence-corrected chi connectivity index (χ1v) is 10.1. The molecule has 0 amide bonds. The lowest BCUT2D eigenvalue weighted by atomic mass is 9.98. The minimum atomic E-state index is 0. The average Bonchev–Trinajstić information content (AvgIpc) is 2.74. The van der Waals surface area contributed by atoms with Crippen LogP contribution in [0.1, 0.15) is 43.4 Å². The van der Waals surface area contributed by atoms with Crippen LogP contribution in [-0.2, 0) is 6.61 Å². The van der Waals surface area contributed by atoms with Crippen molar-refractivity contribution in [1.29, 1.82) is 0 Å². The van der Waals surface area contributed by atoms with E-state index in [1.54, 1.807) is 7.11 Å². The monoisotopic (exact) mass is 440 g/mol. The Hall–Kier alpha value is -1.46. The maximum absolute atomic E-state index is 6.14. The quantitative estimate of drug-likeness (QED) is 0.576. The zero-order valence-corrected chi connectivity index (χ0v) is 19.1. The molecule has 1 atom stereocenters. The van der Waals surface area contributed by atoms with Gasteiger partial charge in [0, 0.05) is 32.2 Å².